The summed E-state index contributed by atoms with van der Waals surface area (Å²) >= 11 is 0. The minimum atomic E-state index is -0.736. The van der Waals surface area contributed by atoms with Crippen molar-refractivity contribution in [2.45, 2.75) is 6.92 Å². The Hall–Kier alpha value is -4.38. The average molecular weight is 401 g/mol. The van der Waals surface area contributed by atoms with Gasteiger partial charge in [-0.3, -0.25) is 4.79 Å². The molecule has 0 atom stereocenters. The first-order valence-corrected chi connectivity index (χ1v) is 8.98. The van der Waals surface area contributed by atoms with E-state index in [4.69, 9.17) is 13.7 Å². The van der Waals surface area contributed by atoms with Gasteiger partial charge in [-0.15, -0.1) is 0 Å². The standard InChI is InChI=1S/C22H15N3O5/c1-13-19(20(25-30-13)14-7-3-2-4-8-14)22(27)28-12-18(26)24-21-15-9-5-6-10-16(15)29-17(21)11-23/h2-10H,12H2,1H3,(H,24,26). The van der Waals surface area contributed by atoms with Gasteiger partial charge < -0.3 is 19.0 Å². The molecule has 4 rings (SSSR count). The lowest BCUT2D eigenvalue weighted by atomic mass is 10.1. The molecule has 2 aromatic heterocycles. The van der Waals surface area contributed by atoms with Gasteiger partial charge in [-0.05, 0) is 19.1 Å². The minimum absolute atomic E-state index is 0.0304. The fourth-order valence-electron chi connectivity index (χ4n) is 3.03. The van der Waals surface area contributed by atoms with Gasteiger partial charge in [0, 0.05) is 10.9 Å². The van der Waals surface area contributed by atoms with E-state index in [1.165, 1.54) is 0 Å². The van der Waals surface area contributed by atoms with Crippen LogP contribution >= 0.6 is 0 Å². The molecule has 0 spiro atoms. The first-order chi connectivity index (χ1) is 14.6. The van der Waals surface area contributed by atoms with E-state index >= 15 is 0 Å². The maximum absolute atomic E-state index is 12.6. The molecular weight excluding hydrogens is 386 g/mol. The van der Waals surface area contributed by atoms with Gasteiger partial charge in [0.05, 0.1) is 0 Å². The van der Waals surface area contributed by atoms with Gasteiger partial charge in [0.15, 0.2) is 6.61 Å². The third kappa shape index (κ3) is 3.52. The van der Waals surface area contributed by atoms with Gasteiger partial charge in [0.2, 0.25) is 5.76 Å². The van der Waals surface area contributed by atoms with Gasteiger partial charge in [-0.2, -0.15) is 5.26 Å². The molecular formula is C22H15N3O5. The minimum Gasteiger partial charge on any atom is -0.452 e. The van der Waals surface area contributed by atoms with Gasteiger partial charge in [0.1, 0.15) is 34.4 Å². The van der Waals surface area contributed by atoms with Crippen molar-refractivity contribution in [3.05, 3.63) is 71.7 Å². The van der Waals surface area contributed by atoms with Crippen molar-refractivity contribution in [1.29, 1.82) is 5.26 Å². The zero-order valence-corrected chi connectivity index (χ0v) is 15.8. The highest BCUT2D eigenvalue weighted by Crippen LogP contribution is 2.30. The van der Waals surface area contributed by atoms with Gasteiger partial charge >= 0.3 is 5.97 Å². The molecule has 148 valence electrons. The number of fused-ring (bicyclic) bond motifs is 1. The zero-order valence-electron chi connectivity index (χ0n) is 15.8. The molecule has 2 heterocycles. The van der Waals surface area contributed by atoms with E-state index in [0.29, 0.717) is 22.2 Å². The topological polar surface area (TPSA) is 118 Å². The van der Waals surface area contributed by atoms with Crippen molar-refractivity contribution in [2.75, 3.05) is 11.9 Å². The number of hydrogen-bond acceptors (Lipinski definition) is 7. The summed E-state index contributed by atoms with van der Waals surface area (Å²) in [6.07, 6.45) is 0. The number of amides is 1. The number of furan rings is 1. The second-order valence-electron chi connectivity index (χ2n) is 6.37. The molecule has 4 aromatic rings. The smallest absolute Gasteiger partial charge is 0.344 e. The summed E-state index contributed by atoms with van der Waals surface area (Å²) in [6, 6.07) is 17.8. The number of benzene rings is 2. The Bertz CT molecular complexity index is 1280. The number of rotatable bonds is 5. The third-order valence-electron chi connectivity index (χ3n) is 4.41. The van der Waals surface area contributed by atoms with Crippen molar-refractivity contribution >= 4 is 28.5 Å². The summed E-state index contributed by atoms with van der Waals surface area (Å²) in [5, 5.41) is 16.3. The SMILES string of the molecule is Cc1onc(-c2ccccc2)c1C(=O)OCC(=O)Nc1c(C#N)oc2ccccc12. The predicted molar refractivity (Wildman–Crippen MR) is 107 cm³/mol. The zero-order chi connectivity index (χ0) is 21.1. The number of nitrogens with one attached hydrogen (secondary N) is 1. The second-order valence-corrected chi connectivity index (χ2v) is 6.37. The number of carbonyl (C=O) groups excluding carboxylic acids is 2. The van der Waals surface area contributed by atoms with Crippen LogP contribution in [0.4, 0.5) is 5.69 Å². The highest BCUT2D eigenvalue weighted by atomic mass is 16.5. The van der Waals surface area contributed by atoms with Crippen molar-refractivity contribution in [3.63, 3.8) is 0 Å². The summed E-state index contributed by atoms with van der Waals surface area (Å²) in [5.41, 5.74) is 1.88. The summed E-state index contributed by atoms with van der Waals surface area (Å²) in [7, 11) is 0. The number of aryl methyl sites for hydroxylation is 1. The number of ether oxygens (including phenoxy) is 1. The molecule has 0 saturated carbocycles. The van der Waals surface area contributed by atoms with Crippen LogP contribution in [0, 0.1) is 18.3 Å². The van der Waals surface area contributed by atoms with Crippen molar-refractivity contribution < 1.29 is 23.3 Å². The highest BCUT2D eigenvalue weighted by molar-refractivity contribution is 6.04. The Morgan fingerprint density at radius 2 is 1.87 bits per heavy atom. The lowest BCUT2D eigenvalue weighted by Crippen LogP contribution is -2.21. The molecule has 0 fully saturated rings. The van der Waals surface area contributed by atoms with Gasteiger partial charge in [-0.1, -0.05) is 47.6 Å². The van der Waals surface area contributed by atoms with E-state index in [1.807, 2.05) is 24.3 Å². The average Bonchev–Trinajstić information content (AvgIpc) is 3.33. The lowest BCUT2D eigenvalue weighted by molar-refractivity contribution is -0.119. The number of anilines is 1. The third-order valence-corrected chi connectivity index (χ3v) is 4.41. The van der Waals surface area contributed by atoms with E-state index in [2.05, 4.69) is 10.5 Å². The fourth-order valence-corrected chi connectivity index (χ4v) is 3.03. The second kappa shape index (κ2) is 7.93. The first-order valence-electron chi connectivity index (χ1n) is 8.98. The molecule has 0 radical (unpaired) electrons. The highest BCUT2D eigenvalue weighted by Gasteiger charge is 2.24. The molecule has 0 aliphatic carbocycles. The Labute approximate surface area is 170 Å². The molecule has 0 unspecified atom stereocenters. The van der Waals surface area contributed by atoms with Gasteiger partial charge in [-0.25, -0.2) is 4.79 Å². The van der Waals surface area contributed by atoms with E-state index in [-0.39, 0.29) is 22.8 Å². The monoisotopic (exact) mass is 401 g/mol. The molecule has 1 N–H and O–H groups in total. The van der Waals surface area contributed by atoms with Crippen LogP contribution in [-0.4, -0.2) is 23.6 Å². The van der Waals surface area contributed by atoms with E-state index in [0.717, 1.165) is 0 Å². The summed E-state index contributed by atoms with van der Waals surface area (Å²) < 4.78 is 15.7. The number of carbonyl (C=O) groups is 2. The van der Waals surface area contributed by atoms with Crippen molar-refractivity contribution in [3.8, 4) is 17.3 Å². The quantitative estimate of drug-likeness (QED) is 0.501. The van der Waals surface area contributed by atoms with Crippen LogP contribution in [0.3, 0.4) is 0 Å². The van der Waals surface area contributed by atoms with Crippen LogP contribution in [0.5, 0.6) is 0 Å². The normalized spacial score (nSPS) is 10.5. The lowest BCUT2D eigenvalue weighted by Gasteiger charge is -2.06. The summed E-state index contributed by atoms with van der Waals surface area (Å²) in [5.74, 6) is -1.09. The first kappa shape index (κ1) is 19.0. The number of nitriles is 1. The van der Waals surface area contributed by atoms with Crippen LogP contribution in [0.25, 0.3) is 22.2 Å². The van der Waals surface area contributed by atoms with E-state index in [1.54, 1.807) is 43.3 Å². The van der Waals surface area contributed by atoms with Crippen LogP contribution < -0.4 is 5.32 Å². The molecule has 8 heteroatoms. The molecule has 30 heavy (non-hydrogen) atoms. The van der Waals surface area contributed by atoms with Crippen LogP contribution in [0.15, 0.2) is 63.5 Å². The molecule has 0 saturated heterocycles. The maximum atomic E-state index is 12.6. The number of hydrogen-bond donors (Lipinski definition) is 1. The number of esters is 1. The Morgan fingerprint density at radius 3 is 2.63 bits per heavy atom. The Morgan fingerprint density at radius 1 is 1.13 bits per heavy atom. The van der Waals surface area contributed by atoms with Crippen LogP contribution in [0.1, 0.15) is 21.9 Å². The molecule has 0 bridgehead atoms. The van der Waals surface area contributed by atoms with E-state index < -0.39 is 18.5 Å². The van der Waals surface area contributed by atoms with Crippen molar-refractivity contribution in [1.82, 2.24) is 5.16 Å². The number of para-hydroxylation sites is 1. The predicted octanol–water partition coefficient (Wildman–Crippen LogP) is 4.06. The molecule has 1 amide bonds. The summed E-state index contributed by atoms with van der Waals surface area (Å²) in [4.78, 5) is 24.9. The van der Waals surface area contributed by atoms with Crippen molar-refractivity contribution in [2.24, 2.45) is 0 Å². The molecule has 2 aromatic carbocycles. The Balaban J connectivity index is 1.49. The number of nitrogens with zero attached hydrogens (tertiary/aromatic N) is 2. The van der Waals surface area contributed by atoms with Crippen LogP contribution in [-0.2, 0) is 9.53 Å². The maximum Gasteiger partial charge on any atom is 0.344 e. The fraction of sp³-hybridized carbons (Fsp3) is 0.0909. The van der Waals surface area contributed by atoms with Crippen LogP contribution in [0.2, 0.25) is 0 Å². The number of aromatic nitrogens is 1. The van der Waals surface area contributed by atoms with Gasteiger partial charge in [0.25, 0.3) is 5.91 Å². The van der Waals surface area contributed by atoms with E-state index in [9.17, 15) is 14.9 Å². The largest absolute Gasteiger partial charge is 0.452 e. The Kier molecular flexibility index (Phi) is 5.01. The summed E-state index contributed by atoms with van der Waals surface area (Å²) in [6.45, 7) is 1.04. The molecule has 8 nitrogen and oxygen atoms in total. The molecule has 0 aliphatic heterocycles. The molecule has 0 aliphatic rings.